The summed E-state index contributed by atoms with van der Waals surface area (Å²) in [5, 5.41) is 13.4. The van der Waals surface area contributed by atoms with Gasteiger partial charge in [-0.05, 0) is 44.5 Å². The van der Waals surface area contributed by atoms with Crippen molar-refractivity contribution >= 4 is 28.5 Å². The molecule has 1 atom stereocenters. The van der Waals surface area contributed by atoms with E-state index in [9.17, 15) is 14.7 Å². The van der Waals surface area contributed by atoms with Crippen LogP contribution in [0.25, 0.3) is 10.9 Å². The zero-order valence-corrected chi connectivity index (χ0v) is 18.6. The van der Waals surface area contributed by atoms with Crippen molar-refractivity contribution < 1.29 is 14.6 Å². The average Bonchev–Trinajstić information content (AvgIpc) is 2.79. The predicted molar refractivity (Wildman–Crippen MR) is 125 cm³/mol. The third-order valence-electron chi connectivity index (χ3n) is 5.82. The summed E-state index contributed by atoms with van der Waals surface area (Å²) in [5.74, 6) is -0.343. The van der Waals surface area contributed by atoms with Crippen molar-refractivity contribution in [3.8, 4) is 0 Å². The fourth-order valence-electron chi connectivity index (χ4n) is 4.22. The molecule has 0 radical (unpaired) electrons. The van der Waals surface area contributed by atoms with E-state index >= 15 is 0 Å². The number of fused-ring (bicyclic) bond motifs is 1. The molecule has 32 heavy (non-hydrogen) atoms. The Bertz CT molecular complexity index is 1210. The van der Waals surface area contributed by atoms with Crippen LogP contribution in [0.15, 0.2) is 41.2 Å². The molecule has 1 aromatic heterocycles. The zero-order valence-electron chi connectivity index (χ0n) is 18.6. The highest BCUT2D eigenvalue weighted by atomic mass is 16.5. The molecular weight excluding hydrogens is 408 g/mol. The molecule has 8 nitrogen and oxygen atoms in total. The summed E-state index contributed by atoms with van der Waals surface area (Å²) in [6, 6.07) is 10.4. The van der Waals surface area contributed by atoms with Gasteiger partial charge in [-0.3, -0.25) is 9.36 Å². The van der Waals surface area contributed by atoms with Crippen LogP contribution in [0.2, 0.25) is 0 Å². The molecule has 8 heteroatoms. The van der Waals surface area contributed by atoms with Gasteiger partial charge in [0.05, 0.1) is 35.7 Å². The quantitative estimate of drug-likeness (QED) is 0.611. The van der Waals surface area contributed by atoms with Crippen LogP contribution in [0.5, 0.6) is 0 Å². The highest BCUT2D eigenvalue weighted by Gasteiger charge is 2.22. The van der Waals surface area contributed by atoms with Crippen LogP contribution in [0.4, 0.5) is 11.6 Å². The first kappa shape index (κ1) is 21.8. The molecule has 0 bridgehead atoms. The number of nitrogens with one attached hydrogen (secondary N) is 1. The minimum absolute atomic E-state index is 0.0675. The number of carbonyl (C=O) groups is 1. The van der Waals surface area contributed by atoms with Gasteiger partial charge in [0.25, 0.3) is 5.56 Å². The molecule has 0 aliphatic carbocycles. The Hall–Kier alpha value is -3.39. The second kappa shape index (κ2) is 9.00. The monoisotopic (exact) mass is 436 g/mol. The number of para-hydroxylation sites is 1. The highest BCUT2D eigenvalue weighted by molar-refractivity contribution is 5.94. The van der Waals surface area contributed by atoms with Crippen LogP contribution in [0.1, 0.15) is 41.4 Å². The number of hydrogen-bond acceptors (Lipinski definition) is 6. The van der Waals surface area contributed by atoms with E-state index in [4.69, 9.17) is 9.72 Å². The van der Waals surface area contributed by atoms with E-state index in [-0.39, 0.29) is 17.2 Å². The van der Waals surface area contributed by atoms with Crippen molar-refractivity contribution in [2.75, 3.05) is 36.5 Å². The van der Waals surface area contributed by atoms with E-state index in [0.717, 1.165) is 11.1 Å². The third-order valence-corrected chi connectivity index (χ3v) is 5.82. The lowest BCUT2D eigenvalue weighted by atomic mass is 10.0. The first-order valence-corrected chi connectivity index (χ1v) is 10.9. The number of nitrogens with zero attached hydrogens (tertiary/aromatic N) is 3. The fraction of sp³-hybridized carbons (Fsp3) is 0.375. The number of hydrogen-bond donors (Lipinski definition) is 2. The van der Waals surface area contributed by atoms with Gasteiger partial charge in [0.1, 0.15) is 0 Å². The normalized spacial score (nSPS) is 15.0. The van der Waals surface area contributed by atoms with E-state index in [1.54, 1.807) is 28.8 Å². The molecule has 1 fully saturated rings. The number of anilines is 2. The number of rotatable bonds is 6. The van der Waals surface area contributed by atoms with Crippen LogP contribution < -0.4 is 15.8 Å². The number of benzene rings is 2. The number of morpholine rings is 1. The first-order valence-electron chi connectivity index (χ1n) is 10.9. The summed E-state index contributed by atoms with van der Waals surface area (Å²) in [7, 11) is 0. The van der Waals surface area contributed by atoms with Gasteiger partial charge >= 0.3 is 5.97 Å². The predicted octanol–water partition coefficient (Wildman–Crippen LogP) is 3.43. The number of ether oxygens (including phenoxy) is 1. The summed E-state index contributed by atoms with van der Waals surface area (Å²) in [6.07, 6.45) is 0. The van der Waals surface area contributed by atoms with Gasteiger partial charge in [0.2, 0.25) is 5.95 Å². The van der Waals surface area contributed by atoms with Gasteiger partial charge < -0.3 is 20.1 Å². The Morgan fingerprint density at radius 3 is 2.66 bits per heavy atom. The molecular formula is C24H28N4O4. The van der Waals surface area contributed by atoms with Crippen LogP contribution in [-0.2, 0) is 11.3 Å². The summed E-state index contributed by atoms with van der Waals surface area (Å²) < 4.78 is 7.19. The van der Waals surface area contributed by atoms with Crippen molar-refractivity contribution in [3.63, 3.8) is 0 Å². The SMILES string of the molecule is CCn1c(N2CCOCC2)nc2c(C(C)Nc3ccccc3C(=O)O)cc(C)cc2c1=O. The maximum atomic E-state index is 13.4. The van der Waals surface area contributed by atoms with Gasteiger partial charge in [-0.15, -0.1) is 0 Å². The summed E-state index contributed by atoms with van der Waals surface area (Å²) in [6.45, 7) is 8.93. The molecule has 0 amide bonds. The molecule has 0 spiro atoms. The lowest BCUT2D eigenvalue weighted by Gasteiger charge is -2.30. The Kier molecular flexibility index (Phi) is 6.14. The van der Waals surface area contributed by atoms with E-state index in [1.165, 1.54) is 0 Å². The van der Waals surface area contributed by atoms with E-state index < -0.39 is 5.97 Å². The van der Waals surface area contributed by atoms with Crippen LogP contribution in [-0.4, -0.2) is 46.9 Å². The molecule has 0 saturated carbocycles. The Morgan fingerprint density at radius 1 is 1.25 bits per heavy atom. The maximum Gasteiger partial charge on any atom is 0.337 e. The van der Waals surface area contributed by atoms with E-state index in [2.05, 4.69) is 10.2 Å². The second-order valence-corrected chi connectivity index (χ2v) is 8.03. The van der Waals surface area contributed by atoms with Gasteiger partial charge in [0.15, 0.2) is 0 Å². The molecule has 2 heterocycles. The highest BCUT2D eigenvalue weighted by Crippen LogP contribution is 2.29. The number of carboxylic acids is 1. The average molecular weight is 437 g/mol. The lowest BCUT2D eigenvalue weighted by Crippen LogP contribution is -2.40. The van der Waals surface area contributed by atoms with Crippen LogP contribution in [0.3, 0.4) is 0 Å². The molecule has 1 saturated heterocycles. The number of aromatic carboxylic acids is 1. The van der Waals surface area contributed by atoms with Crippen LogP contribution >= 0.6 is 0 Å². The molecule has 1 aliphatic rings. The second-order valence-electron chi connectivity index (χ2n) is 8.03. The zero-order chi connectivity index (χ0) is 22.8. The van der Waals surface area contributed by atoms with Crippen molar-refractivity contribution in [1.29, 1.82) is 0 Å². The summed E-state index contributed by atoms with van der Waals surface area (Å²) in [4.78, 5) is 32.1. The van der Waals surface area contributed by atoms with Crippen molar-refractivity contribution in [2.24, 2.45) is 0 Å². The van der Waals surface area contributed by atoms with E-state index in [1.807, 2.05) is 32.9 Å². The summed E-state index contributed by atoms with van der Waals surface area (Å²) in [5.41, 5.74) is 3.11. The van der Waals surface area contributed by atoms with Crippen molar-refractivity contribution in [1.82, 2.24) is 9.55 Å². The standard InChI is InChI=1S/C24H28N4O4/c1-4-28-22(29)19-14-15(2)13-18(21(19)26-24(28)27-9-11-32-12-10-27)16(3)25-20-8-6-5-7-17(20)23(30)31/h5-8,13-14,16,25H,4,9-12H2,1-3H3,(H,30,31). The minimum Gasteiger partial charge on any atom is -0.478 e. The largest absolute Gasteiger partial charge is 0.478 e. The molecule has 2 aromatic carbocycles. The molecule has 1 unspecified atom stereocenters. The van der Waals surface area contributed by atoms with Gasteiger partial charge in [-0.25, -0.2) is 9.78 Å². The van der Waals surface area contributed by atoms with Gasteiger partial charge in [0, 0.05) is 30.9 Å². The number of carboxylic acid groups (broad SMARTS) is 1. The van der Waals surface area contributed by atoms with Crippen LogP contribution in [0, 0.1) is 6.92 Å². The number of aryl methyl sites for hydroxylation is 1. The minimum atomic E-state index is -0.993. The Morgan fingerprint density at radius 2 is 1.97 bits per heavy atom. The molecule has 4 rings (SSSR count). The Balaban J connectivity index is 1.85. The van der Waals surface area contributed by atoms with Crippen molar-refractivity contribution in [3.05, 3.63) is 63.4 Å². The van der Waals surface area contributed by atoms with Gasteiger partial charge in [-0.2, -0.15) is 0 Å². The third kappa shape index (κ3) is 4.05. The smallest absolute Gasteiger partial charge is 0.337 e. The fourth-order valence-corrected chi connectivity index (χ4v) is 4.22. The Labute approximate surface area is 186 Å². The van der Waals surface area contributed by atoms with Crippen molar-refractivity contribution in [2.45, 2.75) is 33.4 Å². The molecule has 1 aliphatic heterocycles. The molecule has 3 aromatic rings. The van der Waals surface area contributed by atoms with E-state index in [0.29, 0.717) is 55.4 Å². The summed E-state index contributed by atoms with van der Waals surface area (Å²) >= 11 is 0. The molecule has 2 N–H and O–H groups in total. The van der Waals surface area contributed by atoms with Gasteiger partial charge in [-0.1, -0.05) is 18.2 Å². The number of aromatic nitrogens is 2. The molecule has 168 valence electrons. The lowest BCUT2D eigenvalue weighted by molar-refractivity contribution is 0.0698. The first-order chi connectivity index (χ1) is 15.4. The topological polar surface area (TPSA) is 96.7 Å². The maximum absolute atomic E-state index is 13.4.